The fourth-order valence-electron chi connectivity index (χ4n) is 2.45. The van der Waals surface area contributed by atoms with E-state index in [0.29, 0.717) is 5.01 Å². The zero-order chi connectivity index (χ0) is 20.3. The molecule has 1 heterocycles. The van der Waals surface area contributed by atoms with Crippen LogP contribution in [0.1, 0.15) is 23.0 Å². The molecule has 0 saturated carbocycles. The van der Waals surface area contributed by atoms with Crippen LogP contribution in [0.15, 0.2) is 53.9 Å². The van der Waals surface area contributed by atoms with Crippen molar-refractivity contribution in [2.24, 2.45) is 0 Å². The van der Waals surface area contributed by atoms with Crippen molar-refractivity contribution in [3.8, 4) is 10.6 Å². The number of alkyl halides is 3. The molecule has 2 amide bonds. The molecule has 28 heavy (non-hydrogen) atoms. The fourth-order valence-corrected chi connectivity index (χ4v) is 3.25. The second kappa shape index (κ2) is 7.81. The Labute approximate surface area is 162 Å². The minimum Gasteiger partial charge on any atom is -0.326 e. The molecule has 0 aliphatic carbocycles. The van der Waals surface area contributed by atoms with Crippen LogP contribution in [0.4, 0.5) is 24.5 Å². The fraction of sp³-hybridized carbons (Fsp3) is 0.105. The summed E-state index contributed by atoms with van der Waals surface area (Å²) < 4.78 is 40.1. The number of thiazole rings is 1. The molecule has 3 rings (SSSR count). The van der Waals surface area contributed by atoms with Crippen molar-refractivity contribution in [3.05, 3.63) is 65.2 Å². The third-order valence-corrected chi connectivity index (χ3v) is 4.54. The van der Waals surface area contributed by atoms with Gasteiger partial charge in [-0.15, -0.1) is 11.3 Å². The topological polar surface area (TPSA) is 71.1 Å². The van der Waals surface area contributed by atoms with Crippen molar-refractivity contribution in [1.29, 1.82) is 0 Å². The van der Waals surface area contributed by atoms with Crippen LogP contribution < -0.4 is 10.6 Å². The van der Waals surface area contributed by atoms with Gasteiger partial charge in [-0.2, -0.15) is 13.2 Å². The zero-order valence-electron chi connectivity index (χ0n) is 14.5. The smallest absolute Gasteiger partial charge is 0.326 e. The third-order valence-electron chi connectivity index (χ3n) is 3.65. The van der Waals surface area contributed by atoms with Crippen LogP contribution in [0.3, 0.4) is 0 Å². The van der Waals surface area contributed by atoms with Crippen LogP contribution in [-0.2, 0) is 11.0 Å². The van der Waals surface area contributed by atoms with Crippen LogP contribution in [0.2, 0.25) is 0 Å². The normalized spacial score (nSPS) is 11.1. The molecule has 5 nitrogen and oxygen atoms in total. The number of aromatic nitrogens is 1. The first-order valence-corrected chi connectivity index (χ1v) is 8.93. The Hall–Kier alpha value is -3.20. The molecular weight excluding hydrogens is 391 g/mol. The van der Waals surface area contributed by atoms with E-state index < -0.39 is 29.2 Å². The van der Waals surface area contributed by atoms with E-state index in [1.54, 1.807) is 0 Å². The number of hydrogen-bond acceptors (Lipinski definition) is 4. The minimum absolute atomic E-state index is 0.0159. The Morgan fingerprint density at radius 2 is 1.75 bits per heavy atom. The zero-order valence-corrected chi connectivity index (χ0v) is 15.3. The van der Waals surface area contributed by atoms with Gasteiger partial charge in [-0.1, -0.05) is 30.3 Å². The van der Waals surface area contributed by atoms with Crippen LogP contribution in [0, 0.1) is 0 Å². The summed E-state index contributed by atoms with van der Waals surface area (Å²) in [7, 11) is 0. The highest BCUT2D eigenvalue weighted by Gasteiger charge is 2.34. The maximum atomic E-state index is 13.4. The highest BCUT2D eigenvalue weighted by Crippen LogP contribution is 2.37. The summed E-state index contributed by atoms with van der Waals surface area (Å²) in [6.45, 7) is 1.19. The molecule has 144 valence electrons. The van der Waals surface area contributed by atoms with Crippen LogP contribution in [0.5, 0.6) is 0 Å². The summed E-state index contributed by atoms with van der Waals surface area (Å²) in [5.74, 6) is -1.25. The maximum Gasteiger partial charge on any atom is 0.418 e. The number of anilines is 2. The SMILES string of the molecule is CC(=O)Nc1ccc(NC(=O)c2csc(-c3ccccc3)n2)c(C(F)(F)F)c1. The highest BCUT2D eigenvalue weighted by molar-refractivity contribution is 7.13. The Bertz CT molecular complexity index is 1020. The molecular formula is C19H14F3N3O2S. The van der Waals surface area contributed by atoms with Gasteiger partial charge in [0, 0.05) is 23.6 Å². The van der Waals surface area contributed by atoms with E-state index in [1.807, 2.05) is 30.3 Å². The predicted octanol–water partition coefficient (Wildman–Crippen LogP) is 5.04. The molecule has 0 aliphatic heterocycles. The maximum absolute atomic E-state index is 13.4. The lowest BCUT2D eigenvalue weighted by Gasteiger charge is -2.15. The van der Waals surface area contributed by atoms with Crippen molar-refractivity contribution in [2.75, 3.05) is 10.6 Å². The first kappa shape index (κ1) is 19.6. The molecule has 0 radical (unpaired) electrons. The molecule has 0 atom stereocenters. The van der Waals surface area contributed by atoms with E-state index in [4.69, 9.17) is 0 Å². The number of rotatable bonds is 4. The van der Waals surface area contributed by atoms with Gasteiger partial charge in [-0.05, 0) is 18.2 Å². The van der Waals surface area contributed by atoms with Crippen molar-refractivity contribution in [3.63, 3.8) is 0 Å². The van der Waals surface area contributed by atoms with Gasteiger partial charge < -0.3 is 10.6 Å². The average Bonchev–Trinajstić information content (AvgIpc) is 3.13. The molecule has 9 heteroatoms. The van der Waals surface area contributed by atoms with Gasteiger partial charge in [0.25, 0.3) is 5.91 Å². The Balaban J connectivity index is 1.86. The highest BCUT2D eigenvalue weighted by atomic mass is 32.1. The quantitative estimate of drug-likeness (QED) is 0.639. The second-order valence-corrected chi connectivity index (χ2v) is 6.66. The van der Waals surface area contributed by atoms with Gasteiger partial charge in [0.15, 0.2) is 0 Å². The number of benzene rings is 2. The number of nitrogens with one attached hydrogen (secondary N) is 2. The summed E-state index contributed by atoms with van der Waals surface area (Å²) in [6.07, 6.45) is -4.71. The average molecular weight is 405 g/mol. The standard InChI is InChI=1S/C19H14F3N3O2S/c1-11(26)23-13-7-8-15(14(9-13)19(20,21)22)24-17(27)16-10-28-18(25-16)12-5-3-2-4-6-12/h2-10H,1H3,(H,23,26)(H,24,27). The van der Waals surface area contributed by atoms with Crippen LogP contribution in [0.25, 0.3) is 10.6 Å². The molecule has 2 aromatic carbocycles. The second-order valence-electron chi connectivity index (χ2n) is 5.80. The Morgan fingerprint density at radius 3 is 2.39 bits per heavy atom. The molecule has 1 aromatic heterocycles. The van der Waals surface area contributed by atoms with Gasteiger partial charge in [-0.3, -0.25) is 9.59 Å². The van der Waals surface area contributed by atoms with Crippen molar-refractivity contribution >= 4 is 34.5 Å². The summed E-state index contributed by atoms with van der Waals surface area (Å²) in [5, 5.41) is 6.61. The van der Waals surface area contributed by atoms with E-state index in [-0.39, 0.29) is 11.4 Å². The molecule has 0 aliphatic rings. The number of halogens is 3. The van der Waals surface area contributed by atoms with E-state index in [2.05, 4.69) is 15.6 Å². The predicted molar refractivity (Wildman–Crippen MR) is 101 cm³/mol. The molecule has 0 spiro atoms. The largest absolute Gasteiger partial charge is 0.418 e. The van der Waals surface area contributed by atoms with Crippen LogP contribution in [-0.4, -0.2) is 16.8 Å². The molecule has 0 bridgehead atoms. The number of carbonyl (C=O) groups excluding carboxylic acids is 2. The summed E-state index contributed by atoms with van der Waals surface area (Å²) in [4.78, 5) is 27.7. The van der Waals surface area contributed by atoms with Crippen molar-refractivity contribution in [1.82, 2.24) is 4.98 Å². The monoisotopic (exact) mass is 405 g/mol. The van der Waals surface area contributed by atoms with Gasteiger partial charge >= 0.3 is 6.18 Å². The lowest BCUT2D eigenvalue weighted by molar-refractivity contribution is -0.137. The van der Waals surface area contributed by atoms with E-state index in [0.717, 1.165) is 17.7 Å². The Kier molecular flexibility index (Phi) is 5.46. The van der Waals surface area contributed by atoms with Gasteiger partial charge in [0.1, 0.15) is 10.7 Å². The Morgan fingerprint density at radius 1 is 1.04 bits per heavy atom. The number of carbonyl (C=O) groups is 2. The first-order chi connectivity index (χ1) is 13.2. The van der Waals surface area contributed by atoms with Crippen molar-refractivity contribution < 1.29 is 22.8 Å². The molecule has 0 unspecified atom stereocenters. The number of hydrogen-bond donors (Lipinski definition) is 2. The summed E-state index contributed by atoms with van der Waals surface area (Å²) >= 11 is 1.22. The number of nitrogens with zero attached hydrogens (tertiary/aromatic N) is 1. The molecule has 2 N–H and O–H groups in total. The third kappa shape index (κ3) is 4.55. The van der Waals surface area contributed by atoms with Crippen LogP contribution >= 0.6 is 11.3 Å². The van der Waals surface area contributed by atoms with Gasteiger partial charge in [-0.25, -0.2) is 4.98 Å². The lowest BCUT2D eigenvalue weighted by atomic mass is 10.1. The van der Waals surface area contributed by atoms with Gasteiger partial charge in [0.05, 0.1) is 11.3 Å². The minimum atomic E-state index is -4.71. The lowest BCUT2D eigenvalue weighted by Crippen LogP contribution is -2.17. The molecule has 0 saturated heterocycles. The van der Waals surface area contributed by atoms with E-state index in [9.17, 15) is 22.8 Å². The molecule has 0 fully saturated rings. The first-order valence-electron chi connectivity index (χ1n) is 8.05. The van der Waals surface area contributed by atoms with Crippen molar-refractivity contribution in [2.45, 2.75) is 13.1 Å². The van der Waals surface area contributed by atoms with E-state index >= 15 is 0 Å². The summed E-state index contributed by atoms with van der Waals surface area (Å²) in [5.41, 5.74) is -0.672. The summed E-state index contributed by atoms with van der Waals surface area (Å²) in [6, 6.07) is 12.3. The van der Waals surface area contributed by atoms with E-state index in [1.165, 1.54) is 29.7 Å². The number of amides is 2. The van der Waals surface area contributed by atoms with Gasteiger partial charge in [0.2, 0.25) is 5.91 Å². The molecule has 3 aromatic rings.